The molecule has 1 amide bonds. The maximum absolute atomic E-state index is 11.9. The molecule has 0 spiro atoms. The van der Waals surface area contributed by atoms with E-state index in [1.54, 1.807) is 0 Å². The number of carbonyl (C=O) groups excluding carboxylic acids is 1. The molecule has 1 aliphatic heterocycles. The van der Waals surface area contributed by atoms with Gasteiger partial charge in [0.1, 0.15) is 0 Å². The Morgan fingerprint density at radius 1 is 1.32 bits per heavy atom. The Balaban J connectivity index is 1.87. The zero-order valence-electron chi connectivity index (χ0n) is 12.4. The monoisotopic (exact) mass is 267 g/mol. The smallest absolute Gasteiger partial charge is 0.222 e. The zero-order chi connectivity index (χ0) is 13.8. The summed E-state index contributed by atoms with van der Waals surface area (Å²) in [7, 11) is 0. The maximum atomic E-state index is 11.9. The largest absolute Gasteiger partial charge is 0.352 e. The molecule has 0 aromatic heterocycles. The molecule has 3 N–H and O–H groups in total. The average molecular weight is 267 g/mol. The van der Waals surface area contributed by atoms with Gasteiger partial charge in [-0.05, 0) is 24.7 Å². The summed E-state index contributed by atoms with van der Waals surface area (Å²) in [5.41, 5.74) is 5.68. The van der Waals surface area contributed by atoms with E-state index in [0.717, 1.165) is 31.3 Å². The van der Waals surface area contributed by atoms with E-state index in [4.69, 9.17) is 5.73 Å². The Morgan fingerprint density at radius 2 is 2.05 bits per heavy atom. The van der Waals surface area contributed by atoms with E-state index < -0.39 is 0 Å². The third kappa shape index (κ3) is 4.77. The van der Waals surface area contributed by atoms with Crippen molar-refractivity contribution in [1.29, 1.82) is 0 Å². The first kappa shape index (κ1) is 14.8. The Hall–Kier alpha value is -0.610. The van der Waals surface area contributed by atoms with Crippen molar-refractivity contribution in [2.45, 2.75) is 45.6 Å². The number of nitrogens with zero attached hydrogens (tertiary/aromatic N) is 1. The van der Waals surface area contributed by atoms with Crippen molar-refractivity contribution in [3.8, 4) is 0 Å². The van der Waals surface area contributed by atoms with Gasteiger partial charge in [-0.25, -0.2) is 0 Å². The molecule has 2 atom stereocenters. The molecule has 110 valence electrons. The number of likely N-dealkylation sites (tertiary alicyclic amines) is 1. The van der Waals surface area contributed by atoms with Crippen LogP contribution in [-0.4, -0.2) is 43.0 Å². The lowest BCUT2D eigenvalue weighted by atomic mass is 9.89. The lowest BCUT2D eigenvalue weighted by Gasteiger charge is -2.38. The molecular weight excluding hydrogens is 238 g/mol. The summed E-state index contributed by atoms with van der Waals surface area (Å²) in [6.45, 7) is 7.71. The zero-order valence-corrected chi connectivity index (χ0v) is 12.4. The average Bonchev–Trinajstić information content (AvgIpc) is 3.12. The molecule has 1 heterocycles. The molecule has 0 bridgehead atoms. The summed E-state index contributed by atoms with van der Waals surface area (Å²) >= 11 is 0. The highest BCUT2D eigenvalue weighted by Crippen LogP contribution is 2.37. The number of hydrogen-bond donors (Lipinski definition) is 2. The fourth-order valence-electron chi connectivity index (χ4n) is 3.14. The van der Waals surface area contributed by atoms with Gasteiger partial charge in [0.05, 0.1) is 0 Å². The van der Waals surface area contributed by atoms with Crippen molar-refractivity contribution in [1.82, 2.24) is 10.2 Å². The summed E-state index contributed by atoms with van der Waals surface area (Å²) in [6.07, 6.45) is 5.32. The van der Waals surface area contributed by atoms with Crippen molar-refractivity contribution in [3.63, 3.8) is 0 Å². The van der Waals surface area contributed by atoms with Gasteiger partial charge in [-0.15, -0.1) is 0 Å². The number of carbonyl (C=O) groups is 1. The minimum absolute atomic E-state index is 0.0757. The van der Waals surface area contributed by atoms with Crippen LogP contribution < -0.4 is 11.1 Å². The summed E-state index contributed by atoms with van der Waals surface area (Å²) in [6, 6.07) is 0.318. The van der Waals surface area contributed by atoms with Gasteiger partial charge in [0.25, 0.3) is 0 Å². The molecule has 4 heteroatoms. The van der Waals surface area contributed by atoms with E-state index >= 15 is 0 Å². The molecule has 2 unspecified atom stereocenters. The third-order valence-corrected chi connectivity index (χ3v) is 4.29. The lowest BCUT2D eigenvalue weighted by Crippen LogP contribution is -2.52. The molecule has 2 aliphatic rings. The fraction of sp³-hybridized carbons (Fsp3) is 0.933. The summed E-state index contributed by atoms with van der Waals surface area (Å²) in [4.78, 5) is 14.3. The van der Waals surface area contributed by atoms with Gasteiger partial charge >= 0.3 is 0 Å². The van der Waals surface area contributed by atoms with E-state index in [1.807, 2.05) is 13.8 Å². The second kappa shape index (κ2) is 6.71. The lowest BCUT2D eigenvalue weighted by molar-refractivity contribution is -0.125. The predicted molar refractivity (Wildman–Crippen MR) is 77.7 cm³/mol. The van der Waals surface area contributed by atoms with Crippen molar-refractivity contribution < 1.29 is 4.79 Å². The van der Waals surface area contributed by atoms with Crippen LogP contribution in [0, 0.1) is 17.8 Å². The highest BCUT2D eigenvalue weighted by atomic mass is 16.1. The fourth-order valence-corrected chi connectivity index (χ4v) is 3.14. The first-order valence-corrected chi connectivity index (χ1v) is 7.81. The molecule has 0 aromatic rings. The Morgan fingerprint density at radius 3 is 2.63 bits per heavy atom. The van der Waals surface area contributed by atoms with Crippen molar-refractivity contribution >= 4 is 5.91 Å². The number of hydrogen-bond acceptors (Lipinski definition) is 3. The van der Waals surface area contributed by atoms with Crippen LogP contribution in [-0.2, 0) is 4.79 Å². The Bertz CT molecular complexity index is 302. The minimum atomic E-state index is 0.0757. The molecule has 2 fully saturated rings. The number of nitrogens with two attached hydrogens (primary N) is 1. The van der Waals surface area contributed by atoms with Crippen LogP contribution in [0.2, 0.25) is 0 Å². The quantitative estimate of drug-likeness (QED) is 0.760. The second-order valence-electron chi connectivity index (χ2n) is 6.69. The maximum Gasteiger partial charge on any atom is 0.222 e. The molecule has 1 saturated heterocycles. The van der Waals surface area contributed by atoms with Crippen molar-refractivity contribution in [2.24, 2.45) is 23.5 Å². The van der Waals surface area contributed by atoms with Gasteiger partial charge in [-0.3, -0.25) is 9.69 Å². The first-order chi connectivity index (χ1) is 9.08. The topological polar surface area (TPSA) is 58.4 Å². The summed E-state index contributed by atoms with van der Waals surface area (Å²) in [5, 5.41) is 3.21. The summed E-state index contributed by atoms with van der Waals surface area (Å²) < 4.78 is 0. The van der Waals surface area contributed by atoms with Crippen LogP contribution in [0.1, 0.15) is 39.5 Å². The van der Waals surface area contributed by atoms with Crippen LogP contribution in [0.3, 0.4) is 0 Å². The highest BCUT2D eigenvalue weighted by molar-refractivity contribution is 5.78. The Kier molecular flexibility index (Phi) is 5.22. The van der Waals surface area contributed by atoms with Gasteiger partial charge in [0.2, 0.25) is 5.91 Å². The van der Waals surface area contributed by atoms with Crippen LogP contribution in [0.4, 0.5) is 0 Å². The SMILES string of the molecule is CC(C)C(=O)NC1CC(CC2CC2)CN(CCN)C1. The van der Waals surface area contributed by atoms with E-state index in [0.29, 0.717) is 12.6 Å². The van der Waals surface area contributed by atoms with Crippen molar-refractivity contribution in [2.75, 3.05) is 26.2 Å². The third-order valence-electron chi connectivity index (χ3n) is 4.29. The van der Waals surface area contributed by atoms with Crippen LogP contribution in [0.25, 0.3) is 0 Å². The van der Waals surface area contributed by atoms with E-state index in [-0.39, 0.29) is 11.8 Å². The van der Waals surface area contributed by atoms with E-state index in [9.17, 15) is 4.79 Å². The number of nitrogens with one attached hydrogen (secondary N) is 1. The molecule has 0 radical (unpaired) electrons. The normalized spacial score (nSPS) is 28.6. The number of amides is 1. The van der Waals surface area contributed by atoms with Gasteiger partial charge < -0.3 is 11.1 Å². The number of piperidine rings is 1. The number of rotatable bonds is 6. The van der Waals surface area contributed by atoms with Crippen molar-refractivity contribution in [3.05, 3.63) is 0 Å². The first-order valence-electron chi connectivity index (χ1n) is 7.81. The van der Waals surface area contributed by atoms with Crippen LogP contribution in [0.15, 0.2) is 0 Å². The van der Waals surface area contributed by atoms with Gasteiger partial charge in [0.15, 0.2) is 0 Å². The molecular formula is C15H29N3O. The molecule has 0 aromatic carbocycles. The Labute approximate surface area is 117 Å². The minimum Gasteiger partial charge on any atom is -0.352 e. The molecule has 1 aliphatic carbocycles. The second-order valence-corrected chi connectivity index (χ2v) is 6.69. The molecule has 1 saturated carbocycles. The highest BCUT2D eigenvalue weighted by Gasteiger charge is 2.32. The van der Waals surface area contributed by atoms with Gasteiger partial charge in [-0.2, -0.15) is 0 Å². The predicted octanol–water partition coefficient (Wildman–Crippen LogP) is 1.21. The molecule has 19 heavy (non-hydrogen) atoms. The standard InChI is InChI=1S/C15H29N3O/c1-11(2)15(19)17-14-8-13(7-12-3-4-12)9-18(10-14)6-5-16/h11-14H,3-10,16H2,1-2H3,(H,17,19). The van der Waals surface area contributed by atoms with Crippen LogP contribution >= 0.6 is 0 Å². The van der Waals surface area contributed by atoms with Crippen LogP contribution in [0.5, 0.6) is 0 Å². The molecule has 2 rings (SSSR count). The van der Waals surface area contributed by atoms with E-state index in [1.165, 1.54) is 25.8 Å². The molecule has 4 nitrogen and oxygen atoms in total. The van der Waals surface area contributed by atoms with Gasteiger partial charge in [-0.1, -0.05) is 26.7 Å². The van der Waals surface area contributed by atoms with E-state index in [2.05, 4.69) is 10.2 Å². The van der Waals surface area contributed by atoms with Gasteiger partial charge in [0, 0.05) is 38.1 Å². The summed E-state index contributed by atoms with van der Waals surface area (Å²) in [5.74, 6) is 1.96.